The summed E-state index contributed by atoms with van der Waals surface area (Å²) in [6.07, 6.45) is 1.28. The third kappa shape index (κ3) is 3.92. The number of amides is 1. The maximum Gasteiger partial charge on any atom is 0.274 e. The molecule has 0 saturated carbocycles. The van der Waals surface area contributed by atoms with Gasteiger partial charge in [0.05, 0.1) is 5.02 Å². The molecule has 132 valence electrons. The summed E-state index contributed by atoms with van der Waals surface area (Å²) in [5, 5.41) is 4.78. The van der Waals surface area contributed by atoms with Gasteiger partial charge in [-0.25, -0.2) is 23.1 Å². The molecule has 0 saturated heterocycles. The van der Waals surface area contributed by atoms with Gasteiger partial charge in [-0.3, -0.25) is 4.79 Å². The minimum Gasteiger partial charge on any atom is -0.324 e. The van der Waals surface area contributed by atoms with E-state index < -0.39 is 29.0 Å². The molecular formula is C17H10ClF3N4O. The molecule has 3 rings (SSSR count). The highest BCUT2D eigenvalue weighted by Gasteiger charge is 2.15. The van der Waals surface area contributed by atoms with Crippen molar-refractivity contribution in [1.29, 1.82) is 0 Å². The van der Waals surface area contributed by atoms with Gasteiger partial charge in [-0.15, -0.1) is 0 Å². The van der Waals surface area contributed by atoms with Crippen LogP contribution in [0.5, 0.6) is 0 Å². The van der Waals surface area contributed by atoms with Crippen molar-refractivity contribution >= 4 is 34.8 Å². The van der Waals surface area contributed by atoms with E-state index in [1.165, 1.54) is 30.5 Å². The number of nitrogens with one attached hydrogen (secondary N) is 2. The predicted molar refractivity (Wildman–Crippen MR) is 91.0 cm³/mol. The molecule has 0 aliphatic heterocycles. The minimum atomic E-state index is -0.910. The maximum absolute atomic E-state index is 13.6. The Hall–Kier alpha value is -3.13. The first kappa shape index (κ1) is 17.7. The van der Waals surface area contributed by atoms with E-state index >= 15 is 0 Å². The van der Waals surface area contributed by atoms with E-state index in [0.29, 0.717) is 5.69 Å². The fraction of sp³-hybridized carbons (Fsp3) is 0. The first-order valence-corrected chi connectivity index (χ1v) is 7.62. The van der Waals surface area contributed by atoms with Crippen LogP contribution in [0, 0.1) is 17.5 Å². The molecule has 1 aromatic heterocycles. The van der Waals surface area contributed by atoms with Crippen LogP contribution in [0.1, 0.15) is 10.5 Å². The predicted octanol–water partition coefficient (Wildman–Crippen LogP) is 4.54. The van der Waals surface area contributed by atoms with Crippen LogP contribution >= 0.6 is 11.6 Å². The number of carbonyl (C=O) groups excluding carboxylic acids is 1. The van der Waals surface area contributed by atoms with E-state index in [-0.39, 0.29) is 16.7 Å². The molecule has 0 radical (unpaired) electrons. The lowest BCUT2D eigenvalue weighted by Gasteiger charge is -2.09. The van der Waals surface area contributed by atoms with Crippen molar-refractivity contribution in [3.63, 3.8) is 0 Å². The average molecular weight is 379 g/mol. The molecule has 5 nitrogen and oxygen atoms in total. The van der Waals surface area contributed by atoms with Gasteiger partial charge in [-0.2, -0.15) is 0 Å². The fourth-order valence-electron chi connectivity index (χ4n) is 2.04. The highest BCUT2D eigenvalue weighted by molar-refractivity contribution is 6.31. The second-order valence-corrected chi connectivity index (χ2v) is 5.48. The standard InChI is InChI=1S/C17H10ClF3N4O/c18-10-8-9(4-5-11(10)19)23-17-22-7-6-14(24-17)16(26)25-15-12(20)2-1-3-13(15)21/h1-8H,(H,25,26)(H,22,23,24). The molecule has 9 heteroatoms. The Morgan fingerprint density at radius 3 is 2.42 bits per heavy atom. The van der Waals surface area contributed by atoms with Crippen molar-refractivity contribution in [2.75, 3.05) is 10.6 Å². The Kier molecular flexibility index (Phi) is 5.04. The SMILES string of the molecule is O=C(Nc1c(F)cccc1F)c1ccnc(Nc2ccc(F)c(Cl)c2)n1. The van der Waals surface area contributed by atoms with Gasteiger partial charge in [0.25, 0.3) is 5.91 Å². The molecule has 0 aliphatic carbocycles. The topological polar surface area (TPSA) is 66.9 Å². The molecule has 26 heavy (non-hydrogen) atoms. The summed E-state index contributed by atoms with van der Waals surface area (Å²) in [4.78, 5) is 20.1. The van der Waals surface area contributed by atoms with Crippen LogP contribution in [0.2, 0.25) is 5.02 Å². The summed E-state index contributed by atoms with van der Waals surface area (Å²) in [5.41, 5.74) is -0.302. The van der Waals surface area contributed by atoms with Crippen LogP contribution in [-0.2, 0) is 0 Å². The second kappa shape index (κ2) is 7.40. The molecule has 3 aromatic rings. The van der Waals surface area contributed by atoms with Gasteiger partial charge in [0.15, 0.2) is 0 Å². The molecule has 2 N–H and O–H groups in total. The third-order valence-electron chi connectivity index (χ3n) is 3.27. The van der Waals surface area contributed by atoms with Gasteiger partial charge in [0.1, 0.15) is 28.8 Å². The molecule has 2 aromatic carbocycles. The van der Waals surface area contributed by atoms with Crippen LogP contribution in [0.4, 0.5) is 30.5 Å². The summed E-state index contributed by atoms with van der Waals surface area (Å²) in [6.45, 7) is 0. The Balaban J connectivity index is 1.80. The molecule has 1 amide bonds. The third-order valence-corrected chi connectivity index (χ3v) is 3.55. The molecular weight excluding hydrogens is 369 g/mol. The number of anilines is 3. The van der Waals surface area contributed by atoms with Gasteiger partial charge >= 0.3 is 0 Å². The molecule has 1 heterocycles. The summed E-state index contributed by atoms with van der Waals surface area (Å²) >= 11 is 5.69. The highest BCUT2D eigenvalue weighted by atomic mass is 35.5. The van der Waals surface area contributed by atoms with E-state index in [9.17, 15) is 18.0 Å². The van der Waals surface area contributed by atoms with E-state index in [1.54, 1.807) is 0 Å². The van der Waals surface area contributed by atoms with Gasteiger partial charge < -0.3 is 10.6 Å². The second-order valence-electron chi connectivity index (χ2n) is 5.07. The normalized spacial score (nSPS) is 10.5. The van der Waals surface area contributed by atoms with Crippen LogP contribution in [0.15, 0.2) is 48.7 Å². The van der Waals surface area contributed by atoms with Gasteiger partial charge in [-0.05, 0) is 36.4 Å². The summed E-state index contributed by atoms with van der Waals surface area (Å²) in [7, 11) is 0. The number of nitrogens with zero attached hydrogens (tertiary/aromatic N) is 2. The van der Waals surface area contributed by atoms with Crippen molar-refractivity contribution in [3.05, 3.63) is 76.8 Å². The Morgan fingerprint density at radius 1 is 1.00 bits per heavy atom. The summed E-state index contributed by atoms with van der Waals surface area (Å²) in [5.74, 6) is -3.21. The minimum absolute atomic E-state index is 0.0225. The lowest BCUT2D eigenvalue weighted by atomic mass is 10.2. The zero-order valence-corrected chi connectivity index (χ0v) is 13.7. The Labute approximate surface area is 150 Å². The van der Waals surface area contributed by atoms with Crippen LogP contribution in [-0.4, -0.2) is 15.9 Å². The molecule has 0 bridgehead atoms. The smallest absolute Gasteiger partial charge is 0.274 e. The lowest BCUT2D eigenvalue weighted by Crippen LogP contribution is -2.16. The first-order chi connectivity index (χ1) is 12.4. The number of para-hydroxylation sites is 1. The van der Waals surface area contributed by atoms with E-state index in [1.807, 2.05) is 0 Å². The zero-order valence-electron chi connectivity index (χ0n) is 12.9. The fourth-order valence-corrected chi connectivity index (χ4v) is 2.22. The van der Waals surface area contributed by atoms with Gasteiger partial charge in [0.2, 0.25) is 5.95 Å². The van der Waals surface area contributed by atoms with Crippen molar-refractivity contribution in [1.82, 2.24) is 9.97 Å². The van der Waals surface area contributed by atoms with Gasteiger partial charge in [0, 0.05) is 11.9 Å². The van der Waals surface area contributed by atoms with E-state index in [0.717, 1.165) is 18.2 Å². The Morgan fingerprint density at radius 2 is 1.73 bits per heavy atom. The monoisotopic (exact) mass is 378 g/mol. The summed E-state index contributed by atoms with van der Waals surface area (Å²) < 4.78 is 40.4. The van der Waals surface area contributed by atoms with Gasteiger partial charge in [-0.1, -0.05) is 17.7 Å². The molecule has 0 aliphatic rings. The van der Waals surface area contributed by atoms with E-state index in [4.69, 9.17) is 11.6 Å². The number of hydrogen-bond donors (Lipinski definition) is 2. The van der Waals surface area contributed by atoms with E-state index in [2.05, 4.69) is 20.6 Å². The quantitative estimate of drug-likeness (QED) is 0.699. The largest absolute Gasteiger partial charge is 0.324 e. The van der Waals surface area contributed by atoms with Crippen molar-refractivity contribution in [2.45, 2.75) is 0 Å². The molecule has 0 spiro atoms. The van der Waals surface area contributed by atoms with Crippen molar-refractivity contribution in [2.24, 2.45) is 0 Å². The molecule has 0 unspecified atom stereocenters. The van der Waals surface area contributed by atoms with Crippen molar-refractivity contribution in [3.8, 4) is 0 Å². The number of halogens is 4. The van der Waals surface area contributed by atoms with Crippen LogP contribution < -0.4 is 10.6 Å². The highest BCUT2D eigenvalue weighted by Crippen LogP contribution is 2.22. The first-order valence-electron chi connectivity index (χ1n) is 7.24. The number of hydrogen-bond acceptors (Lipinski definition) is 4. The van der Waals surface area contributed by atoms with Crippen LogP contribution in [0.3, 0.4) is 0 Å². The summed E-state index contributed by atoms with van der Waals surface area (Å²) in [6, 6.07) is 8.38. The molecule has 0 atom stereocenters. The Bertz CT molecular complexity index is 964. The number of benzene rings is 2. The van der Waals surface area contributed by atoms with Crippen LogP contribution in [0.25, 0.3) is 0 Å². The number of aromatic nitrogens is 2. The van der Waals surface area contributed by atoms with Crippen molar-refractivity contribution < 1.29 is 18.0 Å². The molecule has 0 fully saturated rings. The maximum atomic E-state index is 13.6. The lowest BCUT2D eigenvalue weighted by molar-refractivity contribution is 0.102. The zero-order chi connectivity index (χ0) is 18.7. The average Bonchev–Trinajstić information content (AvgIpc) is 2.61. The number of rotatable bonds is 4. The number of carbonyl (C=O) groups is 1.